The van der Waals surface area contributed by atoms with E-state index in [0.717, 1.165) is 31.2 Å². The van der Waals surface area contributed by atoms with Crippen LogP contribution in [0, 0.1) is 0 Å². The largest absolute Gasteiger partial charge is 0.387 e. The standard InChI is InChI=1S/C20H28O6/c1-23-16-14(21)15(22)17-19(26-20(25-17)10-6-3-7-11-20)18(16)24-12-13-8-4-2-5-9-13/h2,4-5,8-9,14-19,21-22H,3,6-7,10-12H2,1H3/t14-,15-,16+,17+,18+,19+/m1/s1. The summed E-state index contributed by atoms with van der Waals surface area (Å²) in [6, 6.07) is 9.85. The van der Waals surface area contributed by atoms with Crippen molar-refractivity contribution in [2.45, 2.75) is 81.1 Å². The van der Waals surface area contributed by atoms with Gasteiger partial charge < -0.3 is 29.2 Å². The second-order valence-corrected chi connectivity index (χ2v) is 7.58. The Morgan fingerprint density at radius 2 is 1.65 bits per heavy atom. The molecule has 1 saturated heterocycles. The van der Waals surface area contributed by atoms with Crippen LogP contribution in [-0.2, 0) is 25.6 Å². The van der Waals surface area contributed by atoms with Crippen molar-refractivity contribution < 1.29 is 29.2 Å². The van der Waals surface area contributed by atoms with E-state index >= 15 is 0 Å². The summed E-state index contributed by atoms with van der Waals surface area (Å²) in [6.45, 7) is 0.383. The van der Waals surface area contributed by atoms with Gasteiger partial charge in [-0.05, 0) is 18.4 Å². The van der Waals surface area contributed by atoms with Gasteiger partial charge in [0.1, 0.15) is 36.6 Å². The summed E-state index contributed by atoms with van der Waals surface area (Å²) >= 11 is 0. The van der Waals surface area contributed by atoms with Crippen LogP contribution >= 0.6 is 0 Å². The van der Waals surface area contributed by atoms with Crippen molar-refractivity contribution in [3.8, 4) is 0 Å². The van der Waals surface area contributed by atoms with Crippen LogP contribution in [0.15, 0.2) is 30.3 Å². The van der Waals surface area contributed by atoms with Gasteiger partial charge in [-0.1, -0.05) is 36.8 Å². The first-order chi connectivity index (χ1) is 12.6. The average molecular weight is 364 g/mol. The van der Waals surface area contributed by atoms with Crippen molar-refractivity contribution >= 4 is 0 Å². The number of benzene rings is 1. The minimum absolute atomic E-state index is 0.383. The smallest absolute Gasteiger partial charge is 0.169 e. The number of hydrogen-bond acceptors (Lipinski definition) is 6. The van der Waals surface area contributed by atoms with Gasteiger partial charge in [0, 0.05) is 20.0 Å². The van der Waals surface area contributed by atoms with E-state index < -0.39 is 42.4 Å². The molecule has 2 saturated carbocycles. The summed E-state index contributed by atoms with van der Waals surface area (Å²) in [6.07, 6.45) is 0.508. The van der Waals surface area contributed by atoms with E-state index in [-0.39, 0.29) is 0 Å². The van der Waals surface area contributed by atoms with E-state index in [1.54, 1.807) is 0 Å². The Bertz CT molecular complexity index is 587. The third-order valence-electron chi connectivity index (χ3n) is 5.87. The summed E-state index contributed by atoms with van der Waals surface area (Å²) in [5, 5.41) is 21.1. The number of aliphatic hydroxyl groups excluding tert-OH is 2. The van der Waals surface area contributed by atoms with Gasteiger partial charge in [-0.25, -0.2) is 0 Å². The zero-order valence-electron chi connectivity index (χ0n) is 15.1. The van der Waals surface area contributed by atoms with Crippen LogP contribution in [0.2, 0.25) is 0 Å². The van der Waals surface area contributed by atoms with E-state index in [1.165, 1.54) is 13.5 Å². The molecule has 2 N–H and O–H groups in total. The molecule has 26 heavy (non-hydrogen) atoms. The first-order valence-electron chi connectivity index (χ1n) is 9.54. The summed E-state index contributed by atoms with van der Waals surface area (Å²) < 4.78 is 24.2. The van der Waals surface area contributed by atoms with E-state index in [2.05, 4.69) is 0 Å². The average Bonchev–Trinajstić information content (AvgIpc) is 3.03. The third-order valence-corrected chi connectivity index (χ3v) is 5.87. The normalized spacial score (nSPS) is 39.0. The third kappa shape index (κ3) is 3.30. The SMILES string of the molecule is CO[C@H]1[C@H](O)[C@@H](O)[C@@H]2OC3(CCCCC3)O[C@@H]2[C@H]1OCc1ccccc1. The van der Waals surface area contributed by atoms with E-state index in [9.17, 15) is 10.2 Å². The van der Waals surface area contributed by atoms with E-state index in [4.69, 9.17) is 18.9 Å². The van der Waals surface area contributed by atoms with Crippen molar-refractivity contribution in [3.63, 3.8) is 0 Å². The van der Waals surface area contributed by atoms with Gasteiger partial charge in [0.15, 0.2) is 5.79 Å². The fourth-order valence-electron chi connectivity index (χ4n) is 4.50. The lowest BCUT2D eigenvalue weighted by Gasteiger charge is -2.42. The van der Waals surface area contributed by atoms with Crippen LogP contribution in [0.4, 0.5) is 0 Å². The molecule has 1 heterocycles. The minimum atomic E-state index is -1.08. The molecule has 0 bridgehead atoms. The van der Waals surface area contributed by atoms with Gasteiger partial charge in [-0.2, -0.15) is 0 Å². The Hall–Kier alpha value is -1.02. The molecule has 1 aromatic rings. The maximum atomic E-state index is 10.6. The number of rotatable bonds is 4. The highest BCUT2D eigenvalue weighted by Crippen LogP contribution is 2.46. The molecule has 6 atom stereocenters. The lowest BCUT2D eigenvalue weighted by atomic mass is 9.84. The molecule has 0 aromatic heterocycles. The predicted octanol–water partition coefficient (Wildman–Crippen LogP) is 1.77. The maximum Gasteiger partial charge on any atom is 0.169 e. The summed E-state index contributed by atoms with van der Waals surface area (Å²) in [4.78, 5) is 0. The van der Waals surface area contributed by atoms with Crippen molar-refractivity contribution in [1.29, 1.82) is 0 Å². The van der Waals surface area contributed by atoms with Gasteiger partial charge in [-0.3, -0.25) is 0 Å². The Morgan fingerprint density at radius 1 is 0.962 bits per heavy atom. The van der Waals surface area contributed by atoms with Crippen molar-refractivity contribution in [2.75, 3.05) is 7.11 Å². The number of ether oxygens (including phenoxy) is 4. The predicted molar refractivity (Wildman–Crippen MR) is 93.4 cm³/mol. The Kier molecular flexibility index (Phi) is 5.32. The first kappa shape index (κ1) is 18.3. The summed E-state index contributed by atoms with van der Waals surface area (Å²) in [5.74, 6) is -0.661. The molecule has 3 aliphatic rings. The van der Waals surface area contributed by atoms with Crippen LogP contribution in [-0.4, -0.2) is 59.7 Å². The Morgan fingerprint density at radius 3 is 2.35 bits per heavy atom. The molecule has 1 aromatic carbocycles. The quantitative estimate of drug-likeness (QED) is 0.848. The molecule has 1 spiro atoms. The van der Waals surface area contributed by atoms with Crippen molar-refractivity contribution in [1.82, 2.24) is 0 Å². The molecule has 6 nitrogen and oxygen atoms in total. The highest BCUT2D eigenvalue weighted by Gasteiger charge is 2.60. The molecular formula is C20H28O6. The number of hydrogen-bond donors (Lipinski definition) is 2. The fourth-order valence-corrected chi connectivity index (χ4v) is 4.50. The lowest BCUT2D eigenvalue weighted by Crippen LogP contribution is -2.63. The zero-order chi connectivity index (χ0) is 18.1. The van der Waals surface area contributed by atoms with E-state index in [0.29, 0.717) is 6.61 Å². The van der Waals surface area contributed by atoms with Crippen LogP contribution in [0.25, 0.3) is 0 Å². The van der Waals surface area contributed by atoms with Crippen molar-refractivity contribution in [3.05, 3.63) is 35.9 Å². The molecule has 4 rings (SSSR count). The van der Waals surface area contributed by atoms with Crippen LogP contribution in [0.1, 0.15) is 37.7 Å². The lowest BCUT2D eigenvalue weighted by molar-refractivity contribution is -0.219. The van der Waals surface area contributed by atoms with Crippen LogP contribution < -0.4 is 0 Å². The zero-order valence-corrected chi connectivity index (χ0v) is 15.1. The molecule has 0 unspecified atom stereocenters. The molecule has 144 valence electrons. The van der Waals surface area contributed by atoms with Gasteiger partial charge >= 0.3 is 0 Å². The fraction of sp³-hybridized carbons (Fsp3) is 0.700. The number of fused-ring (bicyclic) bond motifs is 1. The van der Waals surface area contributed by atoms with Crippen molar-refractivity contribution in [2.24, 2.45) is 0 Å². The highest BCUT2D eigenvalue weighted by atomic mass is 16.8. The van der Waals surface area contributed by atoms with Crippen LogP contribution in [0.3, 0.4) is 0 Å². The minimum Gasteiger partial charge on any atom is -0.387 e. The van der Waals surface area contributed by atoms with Crippen LogP contribution in [0.5, 0.6) is 0 Å². The molecule has 3 fully saturated rings. The summed E-state index contributed by atoms with van der Waals surface area (Å²) in [7, 11) is 1.52. The maximum absolute atomic E-state index is 10.6. The first-order valence-corrected chi connectivity index (χ1v) is 9.54. The molecule has 0 radical (unpaired) electrons. The van der Waals surface area contributed by atoms with Gasteiger partial charge in [0.05, 0.1) is 6.61 Å². The number of aliphatic hydroxyl groups is 2. The highest BCUT2D eigenvalue weighted by molar-refractivity contribution is 5.14. The van der Waals surface area contributed by atoms with Gasteiger partial charge in [-0.15, -0.1) is 0 Å². The Balaban J connectivity index is 1.55. The van der Waals surface area contributed by atoms with Gasteiger partial charge in [0.25, 0.3) is 0 Å². The number of methoxy groups -OCH3 is 1. The van der Waals surface area contributed by atoms with E-state index in [1.807, 2.05) is 30.3 Å². The molecule has 6 heteroatoms. The molecular weight excluding hydrogens is 336 g/mol. The monoisotopic (exact) mass is 364 g/mol. The topological polar surface area (TPSA) is 77.4 Å². The van der Waals surface area contributed by atoms with Gasteiger partial charge in [0.2, 0.25) is 0 Å². The second kappa shape index (κ2) is 7.54. The molecule has 2 aliphatic carbocycles. The Labute approximate surface area is 154 Å². The second-order valence-electron chi connectivity index (χ2n) is 7.58. The molecule has 1 aliphatic heterocycles. The molecule has 0 amide bonds. The summed E-state index contributed by atoms with van der Waals surface area (Å²) in [5.41, 5.74) is 1.03.